The minimum Gasteiger partial charge on any atom is -0.493 e. The fraction of sp³-hybridized carbons (Fsp3) is 0.400. The molecule has 1 saturated heterocycles. The summed E-state index contributed by atoms with van der Waals surface area (Å²) < 4.78 is 15.9. The molecular formula is C20H25N3O4. The number of morpholine rings is 1. The number of rotatable bonds is 7. The van der Waals surface area contributed by atoms with Crippen LogP contribution < -0.4 is 19.7 Å². The highest BCUT2D eigenvalue weighted by Gasteiger charge is 2.13. The topological polar surface area (TPSA) is 72.9 Å². The number of amides is 1. The molecule has 1 N–H and O–H groups in total. The van der Waals surface area contributed by atoms with Crippen molar-refractivity contribution in [1.29, 1.82) is 0 Å². The Hall–Kier alpha value is -2.80. The summed E-state index contributed by atoms with van der Waals surface area (Å²) in [6, 6.07) is 9.42. The van der Waals surface area contributed by atoms with Gasteiger partial charge in [0.15, 0.2) is 11.5 Å². The van der Waals surface area contributed by atoms with Crippen molar-refractivity contribution in [3.05, 3.63) is 47.7 Å². The molecule has 1 aliphatic rings. The molecule has 0 unspecified atom stereocenters. The minimum atomic E-state index is -0.0491. The molecule has 2 heterocycles. The largest absolute Gasteiger partial charge is 0.493 e. The number of ether oxygens (including phenoxy) is 3. The van der Waals surface area contributed by atoms with Crippen LogP contribution in [0.2, 0.25) is 0 Å². The number of carbonyl (C=O) groups is 1. The highest BCUT2D eigenvalue weighted by Crippen LogP contribution is 2.27. The molecule has 27 heavy (non-hydrogen) atoms. The molecule has 0 saturated carbocycles. The predicted molar refractivity (Wildman–Crippen MR) is 102 cm³/mol. The molecular weight excluding hydrogens is 346 g/mol. The molecule has 2 aromatic rings. The Kier molecular flexibility index (Phi) is 6.49. The van der Waals surface area contributed by atoms with Gasteiger partial charge in [0, 0.05) is 25.8 Å². The van der Waals surface area contributed by atoms with Crippen molar-refractivity contribution in [1.82, 2.24) is 10.3 Å². The first kappa shape index (κ1) is 19.0. The maximum atomic E-state index is 12.3. The second-order valence-corrected chi connectivity index (χ2v) is 6.26. The fourth-order valence-electron chi connectivity index (χ4n) is 2.98. The van der Waals surface area contributed by atoms with Crippen molar-refractivity contribution in [2.24, 2.45) is 0 Å². The minimum absolute atomic E-state index is 0.0491. The molecule has 1 amide bonds. The zero-order valence-corrected chi connectivity index (χ0v) is 15.7. The standard InChI is InChI=1S/C20H25N3O4/c1-25-17-4-3-15(11-18(17)26-2)13-20(24)22-14-16-5-6-21-19(12-16)23-7-9-27-10-8-23/h3-6,11-12H,7-10,13-14H2,1-2H3,(H,22,24). The van der Waals surface area contributed by atoms with Crippen LogP contribution in [0.3, 0.4) is 0 Å². The van der Waals surface area contributed by atoms with Crippen LogP contribution in [0.15, 0.2) is 36.5 Å². The Labute approximate surface area is 159 Å². The third-order valence-corrected chi connectivity index (χ3v) is 4.45. The van der Waals surface area contributed by atoms with E-state index in [2.05, 4.69) is 15.2 Å². The molecule has 0 spiro atoms. The summed E-state index contributed by atoms with van der Waals surface area (Å²) in [5.41, 5.74) is 1.89. The third kappa shape index (κ3) is 5.10. The molecule has 0 bridgehead atoms. The molecule has 1 aliphatic heterocycles. The van der Waals surface area contributed by atoms with Gasteiger partial charge in [-0.2, -0.15) is 0 Å². The smallest absolute Gasteiger partial charge is 0.224 e. The van der Waals surface area contributed by atoms with Gasteiger partial charge in [0.1, 0.15) is 5.82 Å². The lowest BCUT2D eigenvalue weighted by atomic mass is 10.1. The van der Waals surface area contributed by atoms with Crippen molar-refractivity contribution >= 4 is 11.7 Å². The summed E-state index contributed by atoms with van der Waals surface area (Å²) in [5.74, 6) is 2.14. The average molecular weight is 371 g/mol. The molecule has 0 atom stereocenters. The van der Waals surface area contributed by atoms with Crippen molar-refractivity contribution < 1.29 is 19.0 Å². The van der Waals surface area contributed by atoms with Gasteiger partial charge in [-0.15, -0.1) is 0 Å². The highest BCUT2D eigenvalue weighted by molar-refractivity contribution is 5.78. The second kappa shape index (κ2) is 9.23. The second-order valence-electron chi connectivity index (χ2n) is 6.26. The van der Waals surface area contributed by atoms with Crippen LogP contribution in [-0.2, 0) is 22.5 Å². The van der Waals surface area contributed by atoms with Crippen LogP contribution in [0.1, 0.15) is 11.1 Å². The van der Waals surface area contributed by atoms with Crippen LogP contribution in [0, 0.1) is 0 Å². The lowest BCUT2D eigenvalue weighted by Crippen LogP contribution is -2.36. The molecule has 3 rings (SSSR count). The van der Waals surface area contributed by atoms with Gasteiger partial charge in [0.25, 0.3) is 0 Å². The Bertz CT molecular complexity index is 776. The van der Waals surface area contributed by atoms with Crippen LogP contribution in [0.25, 0.3) is 0 Å². The van der Waals surface area contributed by atoms with Crippen molar-refractivity contribution in [2.45, 2.75) is 13.0 Å². The van der Waals surface area contributed by atoms with Gasteiger partial charge in [-0.25, -0.2) is 4.98 Å². The third-order valence-electron chi connectivity index (χ3n) is 4.45. The number of nitrogens with zero attached hydrogens (tertiary/aromatic N) is 2. The van der Waals surface area contributed by atoms with E-state index in [1.165, 1.54) is 0 Å². The number of carbonyl (C=O) groups excluding carboxylic acids is 1. The Morgan fingerprint density at radius 2 is 1.89 bits per heavy atom. The number of hydrogen-bond donors (Lipinski definition) is 1. The SMILES string of the molecule is COc1ccc(CC(=O)NCc2ccnc(N3CCOCC3)c2)cc1OC. The maximum absolute atomic E-state index is 12.3. The van der Waals surface area contributed by atoms with Gasteiger partial charge in [-0.05, 0) is 35.4 Å². The number of aromatic nitrogens is 1. The van der Waals surface area contributed by atoms with Crippen molar-refractivity contribution in [2.75, 3.05) is 45.4 Å². The Balaban J connectivity index is 1.56. The summed E-state index contributed by atoms with van der Waals surface area (Å²) in [6.45, 7) is 3.57. The van der Waals surface area contributed by atoms with Gasteiger partial charge in [0.2, 0.25) is 5.91 Å². The van der Waals surface area contributed by atoms with E-state index in [1.54, 1.807) is 26.5 Å². The van der Waals surface area contributed by atoms with Crippen molar-refractivity contribution in [3.8, 4) is 11.5 Å². The van der Waals surface area contributed by atoms with E-state index in [9.17, 15) is 4.79 Å². The number of pyridine rings is 1. The van der Waals surface area contributed by atoms with Gasteiger partial charge >= 0.3 is 0 Å². The first-order valence-corrected chi connectivity index (χ1v) is 8.95. The predicted octanol–water partition coefficient (Wildman–Crippen LogP) is 1.79. The molecule has 1 aromatic heterocycles. The quantitative estimate of drug-likeness (QED) is 0.800. The van der Waals surface area contributed by atoms with E-state index in [-0.39, 0.29) is 12.3 Å². The van der Waals surface area contributed by atoms with E-state index in [0.29, 0.717) is 31.3 Å². The first-order valence-electron chi connectivity index (χ1n) is 8.95. The molecule has 0 radical (unpaired) electrons. The zero-order valence-electron chi connectivity index (χ0n) is 15.7. The highest BCUT2D eigenvalue weighted by atomic mass is 16.5. The normalized spacial score (nSPS) is 13.9. The number of anilines is 1. The van der Waals surface area contributed by atoms with Crippen LogP contribution in [0.4, 0.5) is 5.82 Å². The van der Waals surface area contributed by atoms with Gasteiger partial charge in [-0.3, -0.25) is 4.79 Å². The zero-order chi connectivity index (χ0) is 19.1. The summed E-state index contributed by atoms with van der Waals surface area (Å²) in [7, 11) is 3.17. The Morgan fingerprint density at radius 1 is 1.11 bits per heavy atom. The van der Waals surface area contributed by atoms with Crippen LogP contribution >= 0.6 is 0 Å². The summed E-state index contributed by atoms with van der Waals surface area (Å²) in [5, 5.41) is 2.96. The van der Waals surface area contributed by atoms with Crippen LogP contribution in [-0.4, -0.2) is 51.4 Å². The molecule has 144 valence electrons. The van der Waals surface area contributed by atoms with E-state index in [1.807, 2.05) is 24.3 Å². The number of nitrogens with one attached hydrogen (secondary N) is 1. The number of methoxy groups -OCH3 is 2. The molecule has 7 nitrogen and oxygen atoms in total. The van der Waals surface area contributed by atoms with E-state index in [4.69, 9.17) is 14.2 Å². The summed E-state index contributed by atoms with van der Waals surface area (Å²) in [6.07, 6.45) is 2.06. The number of hydrogen-bond acceptors (Lipinski definition) is 6. The van der Waals surface area contributed by atoms with E-state index >= 15 is 0 Å². The van der Waals surface area contributed by atoms with E-state index in [0.717, 1.165) is 30.0 Å². The summed E-state index contributed by atoms with van der Waals surface area (Å²) >= 11 is 0. The lowest BCUT2D eigenvalue weighted by Gasteiger charge is -2.28. The van der Waals surface area contributed by atoms with Crippen LogP contribution in [0.5, 0.6) is 11.5 Å². The number of benzene rings is 1. The molecule has 0 aliphatic carbocycles. The monoisotopic (exact) mass is 371 g/mol. The maximum Gasteiger partial charge on any atom is 0.224 e. The molecule has 1 fully saturated rings. The first-order chi connectivity index (χ1) is 13.2. The molecule has 1 aromatic carbocycles. The summed E-state index contributed by atoms with van der Waals surface area (Å²) in [4.78, 5) is 18.9. The Morgan fingerprint density at radius 3 is 2.63 bits per heavy atom. The average Bonchev–Trinajstić information content (AvgIpc) is 2.73. The van der Waals surface area contributed by atoms with Gasteiger partial charge in [0.05, 0.1) is 33.9 Å². The van der Waals surface area contributed by atoms with Gasteiger partial charge < -0.3 is 24.4 Å². The van der Waals surface area contributed by atoms with Crippen molar-refractivity contribution in [3.63, 3.8) is 0 Å². The fourth-order valence-corrected chi connectivity index (χ4v) is 2.98. The lowest BCUT2D eigenvalue weighted by molar-refractivity contribution is -0.120. The molecule has 7 heteroatoms. The van der Waals surface area contributed by atoms with E-state index < -0.39 is 0 Å². The van der Waals surface area contributed by atoms with Gasteiger partial charge in [-0.1, -0.05) is 6.07 Å².